The summed E-state index contributed by atoms with van der Waals surface area (Å²) < 4.78 is 0. The molecule has 0 N–H and O–H groups in total. The predicted octanol–water partition coefficient (Wildman–Crippen LogP) is 4.27. The van der Waals surface area contributed by atoms with E-state index in [-0.39, 0.29) is 0 Å². The molecule has 84 valence electrons. The van der Waals surface area contributed by atoms with Crippen LogP contribution >= 0.6 is 0 Å². The fourth-order valence-electron chi connectivity index (χ4n) is 4.85. The van der Waals surface area contributed by atoms with E-state index < -0.39 is 0 Å². The molecule has 0 aromatic rings. The average molecular weight is 204 g/mol. The molecule has 2 bridgehead atoms. The molecule has 0 aromatic carbocycles. The number of rotatable bonds is 0. The van der Waals surface area contributed by atoms with Crippen molar-refractivity contribution in [2.45, 2.75) is 47.0 Å². The van der Waals surface area contributed by atoms with Crippen LogP contribution in [0.4, 0.5) is 0 Å². The Morgan fingerprint density at radius 1 is 1.13 bits per heavy atom. The molecule has 0 radical (unpaired) electrons. The molecule has 0 amide bonds. The Bertz CT molecular complexity index is 312. The summed E-state index contributed by atoms with van der Waals surface area (Å²) in [6, 6.07) is 0. The molecule has 2 fully saturated rings. The van der Waals surface area contributed by atoms with E-state index in [1.165, 1.54) is 19.3 Å². The van der Waals surface area contributed by atoms with Gasteiger partial charge >= 0.3 is 0 Å². The van der Waals surface area contributed by atoms with Crippen molar-refractivity contribution in [1.29, 1.82) is 0 Å². The first-order chi connectivity index (χ1) is 6.97. The average Bonchev–Trinajstić information content (AvgIpc) is 2.55. The molecule has 0 aromatic heterocycles. The zero-order valence-corrected chi connectivity index (χ0v) is 10.6. The van der Waals surface area contributed by atoms with E-state index in [2.05, 4.69) is 39.8 Å². The predicted molar refractivity (Wildman–Crippen MR) is 64.5 cm³/mol. The fraction of sp³-hybridized carbons (Fsp3) is 0.867. The molecule has 5 unspecified atom stereocenters. The van der Waals surface area contributed by atoms with Crippen molar-refractivity contribution in [3.05, 3.63) is 12.2 Å². The summed E-state index contributed by atoms with van der Waals surface area (Å²) in [7, 11) is 0. The van der Waals surface area contributed by atoms with Gasteiger partial charge in [-0.3, -0.25) is 0 Å². The lowest BCUT2D eigenvalue weighted by Crippen LogP contribution is -2.47. The molecule has 0 aliphatic heterocycles. The maximum atomic E-state index is 2.57. The lowest BCUT2D eigenvalue weighted by atomic mass is 9.51. The normalized spacial score (nSPS) is 55.7. The van der Waals surface area contributed by atoms with Gasteiger partial charge < -0.3 is 0 Å². The second-order valence-electron chi connectivity index (χ2n) is 7.03. The molecule has 0 nitrogen and oxygen atoms in total. The van der Waals surface area contributed by atoms with Crippen LogP contribution in [0.25, 0.3) is 0 Å². The minimum Gasteiger partial charge on any atom is -0.0843 e. The van der Waals surface area contributed by atoms with Crippen molar-refractivity contribution in [2.24, 2.45) is 34.5 Å². The summed E-state index contributed by atoms with van der Waals surface area (Å²) in [5, 5.41) is 0. The zero-order valence-electron chi connectivity index (χ0n) is 10.6. The number of fused-ring (bicyclic) bond motifs is 4. The fourth-order valence-corrected chi connectivity index (χ4v) is 4.85. The van der Waals surface area contributed by atoms with Crippen LogP contribution in [-0.4, -0.2) is 0 Å². The topological polar surface area (TPSA) is 0 Å². The van der Waals surface area contributed by atoms with E-state index >= 15 is 0 Å². The molecule has 3 rings (SSSR count). The van der Waals surface area contributed by atoms with Crippen LogP contribution in [0.2, 0.25) is 0 Å². The molecule has 15 heavy (non-hydrogen) atoms. The molecule has 0 spiro atoms. The Morgan fingerprint density at radius 2 is 1.87 bits per heavy atom. The lowest BCUT2D eigenvalue weighted by Gasteiger charge is -2.53. The molecule has 0 heterocycles. The van der Waals surface area contributed by atoms with E-state index in [0.717, 1.165) is 23.7 Å². The van der Waals surface area contributed by atoms with Crippen LogP contribution in [0.3, 0.4) is 0 Å². The molecule has 5 atom stereocenters. The molecule has 3 aliphatic carbocycles. The molecule has 3 aliphatic rings. The van der Waals surface area contributed by atoms with Crippen LogP contribution in [-0.2, 0) is 0 Å². The van der Waals surface area contributed by atoms with Crippen LogP contribution in [0.5, 0.6) is 0 Å². The Labute approximate surface area is 94.1 Å². The highest BCUT2D eigenvalue weighted by atomic mass is 14.6. The van der Waals surface area contributed by atoms with Crippen molar-refractivity contribution in [3.63, 3.8) is 0 Å². The highest BCUT2D eigenvalue weighted by Gasteiger charge is 2.60. The van der Waals surface area contributed by atoms with Crippen molar-refractivity contribution in [3.8, 4) is 0 Å². The highest BCUT2D eigenvalue weighted by molar-refractivity contribution is 5.24. The van der Waals surface area contributed by atoms with Gasteiger partial charge in [-0.05, 0) is 47.3 Å². The monoisotopic (exact) mass is 204 g/mol. The molecule has 2 saturated carbocycles. The third kappa shape index (κ3) is 0.990. The second kappa shape index (κ2) is 2.70. The van der Waals surface area contributed by atoms with Gasteiger partial charge in [0.2, 0.25) is 0 Å². The van der Waals surface area contributed by atoms with E-state index in [9.17, 15) is 0 Å². The number of allylic oxidation sites excluding steroid dienone is 2. The summed E-state index contributed by atoms with van der Waals surface area (Å²) in [4.78, 5) is 0. The largest absolute Gasteiger partial charge is 0.0843 e. The van der Waals surface area contributed by atoms with Gasteiger partial charge in [0, 0.05) is 0 Å². The smallest absolute Gasteiger partial charge is 0.00587 e. The van der Waals surface area contributed by atoms with Gasteiger partial charge in [-0.25, -0.2) is 0 Å². The van der Waals surface area contributed by atoms with Crippen molar-refractivity contribution >= 4 is 0 Å². The van der Waals surface area contributed by atoms with Crippen LogP contribution < -0.4 is 0 Å². The Morgan fingerprint density at radius 3 is 2.60 bits per heavy atom. The van der Waals surface area contributed by atoms with E-state index in [0.29, 0.717) is 10.8 Å². The van der Waals surface area contributed by atoms with Crippen molar-refractivity contribution in [2.75, 3.05) is 0 Å². The maximum absolute atomic E-state index is 2.57. The maximum Gasteiger partial charge on any atom is -0.00587 e. The molecule has 0 saturated heterocycles. The minimum atomic E-state index is 0.491. The molecular weight excluding hydrogens is 180 g/mol. The van der Waals surface area contributed by atoms with Gasteiger partial charge in [0.05, 0.1) is 0 Å². The summed E-state index contributed by atoms with van der Waals surface area (Å²) in [5.74, 6) is 3.82. The van der Waals surface area contributed by atoms with Gasteiger partial charge in [-0.1, -0.05) is 46.3 Å². The Hall–Kier alpha value is -0.260. The van der Waals surface area contributed by atoms with E-state index in [1.807, 2.05) is 0 Å². The standard InChI is InChI=1S/C15H24/c1-10-5-6-13-12(10)9-11-7-8-15(13,4)14(11,2)3/h7-8,10-13H,5-6,9H2,1-4H3. The van der Waals surface area contributed by atoms with Crippen LogP contribution in [0.1, 0.15) is 47.0 Å². The third-order valence-electron chi connectivity index (χ3n) is 6.47. The SMILES string of the molecule is CC1CCC2C1CC1C=CC2(C)C1(C)C. The Kier molecular flexibility index (Phi) is 1.79. The zero-order chi connectivity index (χ0) is 10.8. The molecular formula is C15H24. The minimum absolute atomic E-state index is 0.491. The molecule has 0 heteroatoms. The second-order valence-corrected chi connectivity index (χ2v) is 7.03. The first-order valence-corrected chi connectivity index (χ1v) is 6.66. The van der Waals surface area contributed by atoms with E-state index in [1.54, 1.807) is 0 Å². The summed E-state index contributed by atoms with van der Waals surface area (Å²) >= 11 is 0. The summed E-state index contributed by atoms with van der Waals surface area (Å²) in [6.45, 7) is 10.00. The van der Waals surface area contributed by atoms with Crippen LogP contribution in [0.15, 0.2) is 12.2 Å². The quantitative estimate of drug-likeness (QED) is 0.517. The highest BCUT2D eigenvalue weighted by Crippen LogP contribution is 2.67. The van der Waals surface area contributed by atoms with Gasteiger partial charge in [-0.2, -0.15) is 0 Å². The third-order valence-corrected chi connectivity index (χ3v) is 6.47. The summed E-state index contributed by atoms with van der Waals surface area (Å²) in [6.07, 6.45) is 9.51. The number of hydrogen-bond donors (Lipinski definition) is 0. The van der Waals surface area contributed by atoms with Gasteiger partial charge in [0.25, 0.3) is 0 Å². The first-order valence-electron chi connectivity index (χ1n) is 6.66. The van der Waals surface area contributed by atoms with E-state index in [4.69, 9.17) is 0 Å². The lowest BCUT2D eigenvalue weighted by molar-refractivity contribution is -0.0305. The first kappa shape index (κ1) is 9.93. The Balaban J connectivity index is 2.04. The van der Waals surface area contributed by atoms with Crippen molar-refractivity contribution < 1.29 is 0 Å². The number of hydrogen-bond acceptors (Lipinski definition) is 0. The van der Waals surface area contributed by atoms with Crippen molar-refractivity contribution in [1.82, 2.24) is 0 Å². The summed E-state index contributed by atoms with van der Waals surface area (Å²) in [5.41, 5.74) is 1.00. The van der Waals surface area contributed by atoms with Gasteiger partial charge in [0.15, 0.2) is 0 Å². The van der Waals surface area contributed by atoms with Crippen LogP contribution in [0, 0.1) is 34.5 Å². The van der Waals surface area contributed by atoms with Gasteiger partial charge in [0.1, 0.15) is 0 Å². The van der Waals surface area contributed by atoms with Gasteiger partial charge in [-0.15, -0.1) is 0 Å².